The van der Waals surface area contributed by atoms with Gasteiger partial charge in [0, 0.05) is 0 Å². The van der Waals surface area contributed by atoms with Crippen molar-refractivity contribution in [3.63, 3.8) is 0 Å². The Morgan fingerprint density at radius 2 is 2.33 bits per heavy atom. The van der Waals surface area contributed by atoms with Gasteiger partial charge in [-0.15, -0.1) is 0 Å². The molecule has 9 heavy (non-hydrogen) atoms. The predicted octanol–water partition coefficient (Wildman–Crippen LogP) is 0.188. The molecule has 0 bridgehead atoms. The molecule has 2 N–H and O–H groups in total. The van der Waals surface area contributed by atoms with Crippen LogP contribution < -0.4 is 5.73 Å². The smallest absolute Gasteiger partial charge is 0.283 e. The van der Waals surface area contributed by atoms with Crippen LogP contribution in [0.25, 0.3) is 0 Å². The van der Waals surface area contributed by atoms with Crippen LogP contribution in [-0.4, -0.2) is 12.5 Å². The van der Waals surface area contributed by atoms with Crippen molar-refractivity contribution in [2.45, 2.75) is 0 Å². The highest BCUT2D eigenvalue weighted by molar-refractivity contribution is 5.89. The minimum atomic E-state index is -0.642. The van der Waals surface area contributed by atoms with E-state index < -0.39 is 5.91 Å². The molecule has 0 aliphatic heterocycles. The highest BCUT2D eigenvalue weighted by Crippen LogP contribution is 1.89. The molecule has 0 spiro atoms. The number of nitrogens with two attached hydrogens (primary N) is 1. The van der Waals surface area contributed by atoms with Crippen LogP contribution in [0.1, 0.15) is 0 Å². The number of hydrogen-bond donors (Lipinski definition) is 1. The van der Waals surface area contributed by atoms with E-state index in [1.165, 1.54) is 6.08 Å². The van der Waals surface area contributed by atoms with E-state index in [9.17, 15) is 4.79 Å². The molecule has 0 saturated carbocycles. The first-order valence-corrected chi connectivity index (χ1v) is 2.41. The lowest BCUT2D eigenvalue weighted by Crippen LogP contribution is -2.15. The summed E-state index contributed by atoms with van der Waals surface area (Å²) in [6, 6.07) is 0. The fourth-order valence-electron chi connectivity index (χ4n) is 0.231. The molecule has 0 radical (unpaired) electrons. The van der Waals surface area contributed by atoms with Crippen LogP contribution in [-0.2, 0) is 9.53 Å². The SMILES string of the molecule is C=CCOC(=C)C(N)=O. The van der Waals surface area contributed by atoms with Gasteiger partial charge in [-0.05, 0) is 0 Å². The van der Waals surface area contributed by atoms with Crippen molar-refractivity contribution in [1.29, 1.82) is 0 Å². The Balaban J connectivity index is 3.51. The first-order valence-electron chi connectivity index (χ1n) is 2.41. The lowest BCUT2D eigenvalue weighted by atomic mass is 10.5. The second kappa shape index (κ2) is 3.72. The van der Waals surface area contributed by atoms with Gasteiger partial charge in [0.25, 0.3) is 5.91 Å². The van der Waals surface area contributed by atoms with Gasteiger partial charge in [-0.2, -0.15) is 0 Å². The standard InChI is InChI=1S/C6H9NO2/c1-3-4-9-5(2)6(7)8/h3H,1-2,4H2,(H2,7,8). The van der Waals surface area contributed by atoms with Crippen molar-refractivity contribution in [2.24, 2.45) is 5.73 Å². The van der Waals surface area contributed by atoms with Gasteiger partial charge in [0.2, 0.25) is 0 Å². The number of hydrogen-bond acceptors (Lipinski definition) is 2. The fraction of sp³-hybridized carbons (Fsp3) is 0.167. The summed E-state index contributed by atoms with van der Waals surface area (Å²) < 4.78 is 4.67. The molecule has 0 atom stereocenters. The molecule has 3 heteroatoms. The molecule has 0 heterocycles. The van der Waals surface area contributed by atoms with Gasteiger partial charge < -0.3 is 10.5 Å². The zero-order valence-corrected chi connectivity index (χ0v) is 5.09. The molecule has 0 fully saturated rings. The number of carbonyl (C=O) groups excluding carboxylic acids is 1. The molecular formula is C6H9NO2. The van der Waals surface area contributed by atoms with E-state index in [0.29, 0.717) is 0 Å². The van der Waals surface area contributed by atoms with Crippen LogP contribution in [0, 0.1) is 0 Å². The third kappa shape index (κ3) is 3.34. The van der Waals surface area contributed by atoms with Crippen molar-refractivity contribution in [1.82, 2.24) is 0 Å². The topological polar surface area (TPSA) is 52.3 Å². The quantitative estimate of drug-likeness (QED) is 0.333. The highest BCUT2D eigenvalue weighted by atomic mass is 16.5. The average molecular weight is 127 g/mol. The summed E-state index contributed by atoms with van der Waals surface area (Å²) in [5.74, 6) is -0.674. The zero-order valence-electron chi connectivity index (χ0n) is 5.09. The summed E-state index contributed by atoms with van der Waals surface area (Å²) >= 11 is 0. The molecule has 0 saturated heterocycles. The number of carbonyl (C=O) groups is 1. The summed E-state index contributed by atoms with van der Waals surface area (Å²) in [5, 5.41) is 0. The van der Waals surface area contributed by atoms with E-state index in [2.05, 4.69) is 17.9 Å². The first kappa shape index (κ1) is 7.75. The first-order chi connectivity index (χ1) is 4.18. The predicted molar refractivity (Wildman–Crippen MR) is 34.5 cm³/mol. The Morgan fingerprint density at radius 1 is 1.78 bits per heavy atom. The molecule has 1 amide bonds. The molecule has 50 valence electrons. The Kier molecular flexibility index (Phi) is 3.20. The largest absolute Gasteiger partial charge is 0.484 e. The number of amides is 1. The Hall–Kier alpha value is -1.25. The van der Waals surface area contributed by atoms with Gasteiger partial charge in [0.15, 0.2) is 5.76 Å². The molecule has 0 aromatic rings. The Labute approximate surface area is 53.8 Å². The monoisotopic (exact) mass is 127 g/mol. The lowest BCUT2D eigenvalue weighted by molar-refractivity contribution is -0.117. The molecule has 0 unspecified atom stereocenters. The molecule has 0 rings (SSSR count). The second-order valence-electron chi connectivity index (χ2n) is 1.39. The van der Waals surface area contributed by atoms with Crippen molar-refractivity contribution in [2.75, 3.05) is 6.61 Å². The van der Waals surface area contributed by atoms with Crippen LogP contribution in [0.2, 0.25) is 0 Å². The maximum Gasteiger partial charge on any atom is 0.283 e. The summed E-state index contributed by atoms with van der Waals surface area (Å²) in [4.78, 5) is 10.2. The summed E-state index contributed by atoms with van der Waals surface area (Å²) in [6.07, 6.45) is 1.51. The molecule has 0 aromatic heterocycles. The van der Waals surface area contributed by atoms with Crippen LogP contribution in [0.3, 0.4) is 0 Å². The fourth-order valence-corrected chi connectivity index (χ4v) is 0.231. The van der Waals surface area contributed by atoms with E-state index in [0.717, 1.165) is 0 Å². The zero-order chi connectivity index (χ0) is 7.28. The number of primary amides is 1. The molecule has 0 aliphatic rings. The summed E-state index contributed by atoms with van der Waals surface area (Å²) in [7, 11) is 0. The van der Waals surface area contributed by atoms with Gasteiger partial charge in [-0.3, -0.25) is 4.79 Å². The van der Waals surface area contributed by atoms with Crippen molar-refractivity contribution in [3.8, 4) is 0 Å². The second-order valence-corrected chi connectivity index (χ2v) is 1.39. The van der Waals surface area contributed by atoms with Gasteiger partial charge in [-0.25, -0.2) is 0 Å². The molecule has 3 nitrogen and oxygen atoms in total. The van der Waals surface area contributed by atoms with Crippen molar-refractivity contribution in [3.05, 3.63) is 25.0 Å². The molecule has 0 aliphatic carbocycles. The van der Waals surface area contributed by atoms with Gasteiger partial charge in [-0.1, -0.05) is 19.2 Å². The van der Waals surface area contributed by atoms with Crippen molar-refractivity contribution < 1.29 is 9.53 Å². The van der Waals surface area contributed by atoms with Crippen LogP contribution in [0.5, 0.6) is 0 Å². The lowest BCUT2D eigenvalue weighted by Gasteiger charge is -1.99. The molecular weight excluding hydrogens is 118 g/mol. The normalized spacial score (nSPS) is 8.00. The summed E-state index contributed by atoms with van der Waals surface area (Å²) in [5.41, 5.74) is 4.78. The minimum absolute atomic E-state index is 0.0325. The summed E-state index contributed by atoms with van der Waals surface area (Å²) in [6.45, 7) is 6.89. The maximum atomic E-state index is 10.2. The molecule has 0 aromatic carbocycles. The highest BCUT2D eigenvalue weighted by Gasteiger charge is 1.98. The minimum Gasteiger partial charge on any atom is -0.484 e. The van der Waals surface area contributed by atoms with Gasteiger partial charge in [0.05, 0.1) is 0 Å². The van der Waals surface area contributed by atoms with Crippen LogP contribution in [0.4, 0.5) is 0 Å². The number of ether oxygens (including phenoxy) is 1. The van der Waals surface area contributed by atoms with Crippen LogP contribution in [0.15, 0.2) is 25.0 Å². The van der Waals surface area contributed by atoms with Gasteiger partial charge >= 0.3 is 0 Å². The van der Waals surface area contributed by atoms with E-state index in [-0.39, 0.29) is 12.4 Å². The van der Waals surface area contributed by atoms with Crippen LogP contribution >= 0.6 is 0 Å². The van der Waals surface area contributed by atoms with E-state index >= 15 is 0 Å². The third-order valence-electron chi connectivity index (χ3n) is 0.650. The maximum absolute atomic E-state index is 10.2. The van der Waals surface area contributed by atoms with Gasteiger partial charge in [0.1, 0.15) is 6.61 Å². The third-order valence-corrected chi connectivity index (χ3v) is 0.650. The van der Waals surface area contributed by atoms with Crippen molar-refractivity contribution >= 4 is 5.91 Å². The number of rotatable bonds is 4. The Bertz CT molecular complexity index is 140. The average Bonchev–Trinajstić information content (AvgIpc) is 1.82. The van der Waals surface area contributed by atoms with E-state index in [1.807, 2.05) is 0 Å². The Morgan fingerprint density at radius 3 is 2.67 bits per heavy atom. The van der Waals surface area contributed by atoms with E-state index in [4.69, 9.17) is 5.73 Å². The van der Waals surface area contributed by atoms with E-state index in [1.54, 1.807) is 0 Å².